The molecule has 0 aliphatic heterocycles. The lowest BCUT2D eigenvalue weighted by Gasteiger charge is -2.07. The predicted molar refractivity (Wildman–Crippen MR) is 114 cm³/mol. The van der Waals surface area contributed by atoms with E-state index in [0.717, 1.165) is 21.5 Å². The number of hydrogen-bond donors (Lipinski definition) is 1. The first-order valence-electron chi connectivity index (χ1n) is 8.20. The molecule has 0 spiro atoms. The maximum atomic E-state index is 12.0. The standard InChI is InChI=1S/C20H17Cl2N3OS/c1-12-3-6-18-16(7-12)13(2)8-20(24-18)27-11-19(26)25-23-10-14-4-5-15(21)9-17(14)22/h3-10H,11H2,1-2H3,(H,25,26)/b23-10-. The van der Waals surface area contributed by atoms with E-state index in [0.29, 0.717) is 15.6 Å². The highest BCUT2D eigenvalue weighted by Crippen LogP contribution is 2.24. The molecule has 138 valence electrons. The summed E-state index contributed by atoms with van der Waals surface area (Å²) < 4.78 is 0. The lowest BCUT2D eigenvalue weighted by Crippen LogP contribution is -2.19. The number of benzene rings is 2. The third-order valence-corrected chi connectivity index (χ3v) is 5.33. The van der Waals surface area contributed by atoms with Gasteiger partial charge in [0.25, 0.3) is 0 Å². The number of carbonyl (C=O) groups is 1. The Hall–Kier alpha value is -2.08. The zero-order valence-electron chi connectivity index (χ0n) is 14.8. The van der Waals surface area contributed by atoms with Gasteiger partial charge in [0.1, 0.15) is 0 Å². The number of hydrazone groups is 1. The molecule has 4 nitrogen and oxygen atoms in total. The highest BCUT2D eigenvalue weighted by Gasteiger charge is 2.07. The molecule has 1 amide bonds. The minimum atomic E-state index is -0.218. The number of nitrogens with zero attached hydrogens (tertiary/aromatic N) is 2. The van der Waals surface area contributed by atoms with Gasteiger partial charge in [0.2, 0.25) is 5.91 Å². The summed E-state index contributed by atoms with van der Waals surface area (Å²) in [6.07, 6.45) is 1.49. The molecule has 1 aromatic heterocycles. The molecule has 0 aliphatic carbocycles. The first-order chi connectivity index (χ1) is 12.9. The van der Waals surface area contributed by atoms with Gasteiger partial charge in [-0.25, -0.2) is 10.4 Å². The number of rotatable bonds is 5. The smallest absolute Gasteiger partial charge is 0.250 e. The Morgan fingerprint density at radius 1 is 1.19 bits per heavy atom. The summed E-state index contributed by atoms with van der Waals surface area (Å²) in [6, 6.07) is 13.2. The molecule has 0 unspecified atom stereocenters. The van der Waals surface area contributed by atoms with Crippen molar-refractivity contribution in [3.05, 3.63) is 69.2 Å². The summed E-state index contributed by atoms with van der Waals surface area (Å²) in [5, 5.41) is 6.90. The van der Waals surface area contributed by atoms with Crippen molar-refractivity contribution >= 4 is 58.0 Å². The largest absolute Gasteiger partial charge is 0.272 e. The lowest BCUT2D eigenvalue weighted by molar-refractivity contribution is -0.118. The van der Waals surface area contributed by atoms with E-state index < -0.39 is 0 Å². The molecule has 2 aromatic carbocycles. The fourth-order valence-corrected chi connectivity index (χ4v) is 3.73. The number of nitrogens with one attached hydrogen (secondary N) is 1. The Bertz CT molecular complexity index is 1040. The molecule has 1 heterocycles. The van der Waals surface area contributed by atoms with Crippen LogP contribution in [0.25, 0.3) is 10.9 Å². The number of amides is 1. The number of halogens is 2. The van der Waals surface area contributed by atoms with Crippen LogP contribution in [-0.4, -0.2) is 22.9 Å². The third-order valence-electron chi connectivity index (χ3n) is 3.85. The van der Waals surface area contributed by atoms with Gasteiger partial charge in [-0.1, -0.05) is 52.7 Å². The van der Waals surface area contributed by atoms with Gasteiger partial charge in [0.05, 0.1) is 27.5 Å². The Balaban J connectivity index is 1.60. The molecule has 0 aliphatic rings. The topological polar surface area (TPSA) is 54.4 Å². The minimum absolute atomic E-state index is 0.218. The van der Waals surface area contributed by atoms with Crippen molar-refractivity contribution in [2.24, 2.45) is 5.10 Å². The number of thioether (sulfide) groups is 1. The van der Waals surface area contributed by atoms with Gasteiger partial charge < -0.3 is 0 Å². The highest BCUT2D eigenvalue weighted by atomic mass is 35.5. The van der Waals surface area contributed by atoms with Crippen LogP contribution in [0.4, 0.5) is 0 Å². The van der Waals surface area contributed by atoms with Gasteiger partial charge in [-0.2, -0.15) is 5.10 Å². The second-order valence-electron chi connectivity index (χ2n) is 6.05. The first kappa shape index (κ1) is 19.7. The Kier molecular flexibility index (Phi) is 6.37. The fourth-order valence-electron chi connectivity index (χ4n) is 2.50. The van der Waals surface area contributed by atoms with Crippen LogP contribution in [0.5, 0.6) is 0 Å². The molecule has 0 fully saturated rings. The molecular weight excluding hydrogens is 401 g/mol. The maximum Gasteiger partial charge on any atom is 0.250 e. The average Bonchev–Trinajstić information content (AvgIpc) is 2.62. The number of pyridine rings is 1. The van der Waals surface area contributed by atoms with Gasteiger partial charge in [-0.15, -0.1) is 0 Å². The number of fused-ring (bicyclic) bond motifs is 1. The van der Waals surface area contributed by atoms with Crippen molar-refractivity contribution in [3.63, 3.8) is 0 Å². The maximum absolute atomic E-state index is 12.0. The fraction of sp³-hybridized carbons (Fsp3) is 0.150. The third kappa shape index (κ3) is 5.22. The predicted octanol–water partition coefficient (Wildman–Crippen LogP) is 5.40. The van der Waals surface area contributed by atoms with Crippen LogP contribution in [0.2, 0.25) is 10.0 Å². The molecule has 0 bridgehead atoms. The quantitative estimate of drug-likeness (QED) is 0.343. The van der Waals surface area contributed by atoms with Crippen LogP contribution < -0.4 is 5.43 Å². The van der Waals surface area contributed by atoms with Crippen molar-refractivity contribution in [2.75, 3.05) is 5.75 Å². The van der Waals surface area contributed by atoms with Crippen molar-refractivity contribution in [1.82, 2.24) is 10.4 Å². The summed E-state index contributed by atoms with van der Waals surface area (Å²) in [6.45, 7) is 4.11. The molecule has 0 saturated carbocycles. The van der Waals surface area contributed by atoms with E-state index in [1.165, 1.54) is 23.5 Å². The summed E-state index contributed by atoms with van der Waals surface area (Å²) in [5.41, 5.74) is 6.44. The molecule has 1 N–H and O–H groups in total. The molecule has 27 heavy (non-hydrogen) atoms. The van der Waals surface area contributed by atoms with Crippen molar-refractivity contribution in [2.45, 2.75) is 18.9 Å². The monoisotopic (exact) mass is 417 g/mol. The van der Waals surface area contributed by atoms with Crippen LogP contribution in [0, 0.1) is 13.8 Å². The van der Waals surface area contributed by atoms with E-state index in [1.54, 1.807) is 18.2 Å². The van der Waals surface area contributed by atoms with Crippen molar-refractivity contribution < 1.29 is 4.79 Å². The first-order valence-corrected chi connectivity index (χ1v) is 9.94. The Labute approximate surface area is 172 Å². The molecule has 3 rings (SSSR count). The van der Waals surface area contributed by atoms with Gasteiger partial charge in [-0.05, 0) is 49.7 Å². The summed E-state index contributed by atoms with van der Waals surface area (Å²) in [4.78, 5) is 16.6. The lowest BCUT2D eigenvalue weighted by atomic mass is 10.1. The van der Waals surface area contributed by atoms with Gasteiger partial charge >= 0.3 is 0 Å². The number of aromatic nitrogens is 1. The van der Waals surface area contributed by atoms with Crippen LogP contribution in [0.3, 0.4) is 0 Å². The molecular formula is C20H17Cl2N3OS. The van der Waals surface area contributed by atoms with E-state index in [4.69, 9.17) is 23.2 Å². The van der Waals surface area contributed by atoms with Gasteiger partial charge in [-0.3, -0.25) is 4.79 Å². The Morgan fingerprint density at radius 2 is 2.00 bits per heavy atom. The minimum Gasteiger partial charge on any atom is -0.272 e. The molecule has 0 saturated heterocycles. The van der Waals surface area contributed by atoms with Gasteiger partial charge in [0.15, 0.2) is 0 Å². The average molecular weight is 418 g/mol. The summed E-state index contributed by atoms with van der Waals surface area (Å²) >= 11 is 13.3. The zero-order chi connectivity index (χ0) is 19.4. The number of aryl methyl sites for hydroxylation is 2. The van der Waals surface area contributed by atoms with E-state index in [9.17, 15) is 4.79 Å². The number of carbonyl (C=O) groups excluding carboxylic acids is 1. The van der Waals surface area contributed by atoms with Crippen molar-refractivity contribution in [3.8, 4) is 0 Å². The summed E-state index contributed by atoms with van der Waals surface area (Å²) in [7, 11) is 0. The van der Waals surface area contributed by atoms with Gasteiger partial charge in [0, 0.05) is 16.0 Å². The van der Waals surface area contributed by atoms with E-state index in [2.05, 4.69) is 28.5 Å². The second-order valence-corrected chi connectivity index (χ2v) is 7.88. The highest BCUT2D eigenvalue weighted by molar-refractivity contribution is 7.99. The second kappa shape index (κ2) is 8.74. The zero-order valence-corrected chi connectivity index (χ0v) is 17.1. The van der Waals surface area contributed by atoms with Crippen LogP contribution >= 0.6 is 35.0 Å². The molecule has 0 radical (unpaired) electrons. The van der Waals surface area contributed by atoms with E-state index in [-0.39, 0.29) is 11.7 Å². The van der Waals surface area contributed by atoms with E-state index >= 15 is 0 Å². The van der Waals surface area contributed by atoms with Crippen LogP contribution in [0.1, 0.15) is 16.7 Å². The van der Waals surface area contributed by atoms with Crippen molar-refractivity contribution in [1.29, 1.82) is 0 Å². The molecule has 3 aromatic rings. The van der Waals surface area contributed by atoms with E-state index in [1.807, 2.05) is 25.1 Å². The SMILES string of the molecule is Cc1ccc2nc(SCC(=O)N/N=C\c3ccc(Cl)cc3Cl)cc(C)c2c1. The number of hydrogen-bond acceptors (Lipinski definition) is 4. The summed E-state index contributed by atoms with van der Waals surface area (Å²) in [5.74, 6) is -0.0000291. The van der Waals surface area contributed by atoms with Crippen LogP contribution in [0.15, 0.2) is 52.6 Å². The Morgan fingerprint density at radius 3 is 2.78 bits per heavy atom. The molecule has 7 heteroatoms. The van der Waals surface area contributed by atoms with Crippen LogP contribution in [-0.2, 0) is 4.79 Å². The normalized spacial score (nSPS) is 11.3. The molecule has 0 atom stereocenters.